The van der Waals surface area contributed by atoms with Gasteiger partial charge < -0.3 is 5.32 Å². The molecule has 0 saturated heterocycles. The van der Waals surface area contributed by atoms with Crippen molar-refractivity contribution in [3.8, 4) is 0 Å². The molecule has 0 heterocycles. The summed E-state index contributed by atoms with van der Waals surface area (Å²) < 4.78 is 1.21. The third-order valence-corrected chi connectivity index (χ3v) is 4.56. The second-order valence-electron chi connectivity index (χ2n) is 5.61. The van der Waals surface area contributed by atoms with Crippen LogP contribution in [-0.2, 0) is 6.42 Å². The van der Waals surface area contributed by atoms with Crippen LogP contribution in [0.4, 0.5) is 0 Å². The molecule has 2 aromatic rings. The summed E-state index contributed by atoms with van der Waals surface area (Å²) >= 11 is 3.67. The molecular formula is C19H24BrN. The molecule has 0 aliphatic rings. The molecule has 1 nitrogen and oxygen atoms in total. The predicted molar refractivity (Wildman–Crippen MR) is 94.9 cm³/mol. The molecule has 2 rings (SSSR count). The summed E-state index contributed by atoms with van der Waals surface area (Å²) in [6.07, 6.45) is 2.23. The molecule has 2 heteroatoms. The van der Waals surface area contributed by atoms with Gasteiger partial charge in [-0.15, -0.1) is 0 Å². The minimum Gasteiger partial charge on any atom is -0.316 e. The normalized spacial score (nSPS) is 12.3. The Kier molecular flexibility index (Phi) is 6.47. The van der Waals surface area contributed by atoms with Crippen molar-refractivity contribution in [3.63, 3.8) is 0 Å². The fraction of sp³-hybridized carbons (Fsp3) is 0.368. The van der Waals surface area contributed by atoms with Crippen LogP contribution in [0, 0.1) is 6.92 Å². The number of rotatable bonds is 7. The summed E-state index contributed by atoms with van der Waals surface area (Å²) in [5.74, 6) is 0.510. The topological polar surface area (TPSA) is 12.0 Å². The predicted octanol–water partition coefficient (Wildman–Crippen LogP) is 5.08. The van der Waals surface area contributed by atoms with E-state index in [1.807, 2.05) is 0 Å². The number of hydrogen-bond acceptors (Lipinski definition) is 1. The van der Waals surface area contributed by atoms with Crippen molar-refractivity contribution in [2.24, 2.45) is 0 Å². The van der Waals surface area contributed by atoms with E-state index < -0.39 is 0 Å². The maximum absolute atomic E-state index is 3.67. The molecule has 0 bridgehead atoms. The minimum atomic E-state index is 0.510. The first kappa shape index (κ1) is 16.3. The lowest BCUT2D eigenvalue weighted by Gasteiger charge is -2.19. The number of aryl methyl sites for hydroxylation is 1. The van der Waals surface area contributed by atoms with Gasteiger partial charge in [-0.3, -0.25) is 0 Å². The summed E-state index contributed by atoms with van der Waals surface area (Å²) in [7, 11) is 0. The number of halogens is 1. The minimum absolute atomic E-state index is 0.510. The Bertz CT molecular complexity index is 548. The Morgan fingerprint density at radius 2 is 1.76 bits per heavy atom. The van der Waals surface area contributed by atoms with E-state index in [1.54, 1.807) is 0 Å². The first-order valence-electron chi connectivity index (χ1n) is 7.71. The van der Waals surface area contributed by atoms with E-state index in [1.165, 1.54) is 27.6 Å². The summed E-state index contributed by atoms with van der Waals surface area (Å²) in [6, 6.07) is 17.5. The van der Waals surface area contributed by atoms with Crippen LogP contribution >= 0.6 is 15.9 Å². The Hall–Kier alpha value is -1.12. The van der Waals surface area contributed by atoms with Gasteiger partial charge in [-0.2, -0.15) is 0 Å². The van der Waals surface area contributed by atoms with Crippen molar-refractivity contribution in [1.29, 1.82) is 0 Å². The van der Waals surface area contributed by atoms with Crippen LogP contribution in [0.1, 0.15) is 36.0 Å². The lowest BCUT2D eigenvalue weighted by atomic mass is 9.91. The van der Waals surface area contributed by atoms with Gasteiger partial charge in [0.2, 0.25) is 0 Å². The average molecular weight is 346 g/mol. The smallest absolute Gasteiger partial charge is 0.0207 e. The number of hydrogen-bond donors (Lipinski definition) is 1. The zero-order valence-electron chi connectivity index (χ0n) is 12.9. The molecule has 0 fully saturated rings. The molecule has 0 saturated carbocycles. The molecule has 1 N–H and O–H groups in total. The van der Waals surface area contributed by atoms with Crippen molar-refractivity contribution in [3.05, 3.63) is 69.7 Å². The van der Waals surface area contributed by atoms with Crippen molar-refractivity contribution >= 4 is 15.9 Å². The van der Waals surface area contributed by atoms with Crippen LogP contribution in [0.25, 0.3) is 0 Å². The molecule has 0 radical (unpaired) electrons. The standard InChI is InChI=1S/C19H24BrN/c1-3-12-21-14-18(16-10-8-15(2)9-11-16)13-17-6-4-5-7-19(17)20/h4-11,18,21H,3,12-14H2,1-2H3. The summed E-state index contributed by atoms with van der Waals surface area (Å²) in [6.45, 7) is 6.46. The van der Waals surface area contributed by atoms with Gasteiger partial charge in [-0.1, -0.05) is 70.9 Å². The SMILES string of the molecule is CCCNCC(Cc1ccccc1Br)c1ccc(C)cc1. The van der Waals surface area contributed by atoms with E-state index in [9.17, 15) is 0 Å². The average Bonchev–Trinajstić information content (AvgIpc) is 2.49. The maximum Gasteiger partial charge on any atom is 0.0207 e. The molecule has 0 aliphatic heterocycles. The van der Waals surface area contributed by atoms with Gasteiger partial charge in [-0.05, 0) is 43.5 Å². The first-order chi connectivity index (χ1) is 10.2. The quantitative estimate of drug-likeness (QED) is 0.689. The van der Waals surface area contributed by atoms with E-state index in [-0.39, 0.29) is 0 Å². The molecule has 0 amide bonds. The van der Waals surface area contributed by atoms with Crippen LogP contribution < -0.4 is 5.32 Å². The van der Waals surface area contributed by atoms with E-state index in [4.69, 9.17) is 0 Å². The summed E-state index contributed by atoms with van der Waals surface area (Å²) in [4.78, 5) is 0. The molecule has 112 valence electrons. The van der Waals surface area contributed by atoms with E-state index >= 15 is 0 Å². The molecule has 0 aromatic heterocycles. The highest BCUT2D eigenvalue weighted by Gasteiger charge is 2.13. The highest BCUT2D eigenvalue weighted by Crippen LogP contribution is 2.25. The third-order valence-electron chi connectivity index (χ3n) is 3.79. The zero-order chi connectivity index (χ0) is 15.1. The Labute approximate surface area is 136 Å². The van der Waals surface area contributed by atoms with Gasteiger partial charge in [0.05, 0.1) is 0 Å². The van der Waals surface area contributed by atoms with Crippen molar-refractivity contribution in [2.45, 2.75) is 32.6 Å². The number of benzene rings is 2. The van der Waals surface area contributed by atoms with Gasteiger partial charge in [0, 0.05) is 16.9 Å². The lowest BCUT2D eigenvalue weighted by Crippen LogP contribution is -2.23. The molecule has 1 unspecified atom stereocenters. The Morgan fingerprint density at radius 3 is 2.43 bits per heavy atom. The van der Waals surface area contributed by atoms with Crippen LogP contribution in [0.5, 0.6) is 0 Å². The highest BCUT2D eigenvalue weighted by atomic mass is 79.9. The first-order valence-corrected chi connectivity index (χ1v) is 8.50. The molecule has 0 aliphatic carbocycles. The molecule has 1 atom stereocenters. The van der Waals surface area contributed by atoms with E-state index in [0.717, 1.165) is 19.5 Å². The van der Waals surface area contributed by atoms with Crippen molar-refractivity contribution < 1.29 is 0 Å². The monoisotopic (exact) mass is 345 g/mol. The Morgan fingerprint density at radius 1 is 1.05 bits per heavy atom. The maximum atomic E-state index is 3.67. The van der Waals surface area contributed by atoms with Gasteiger partial charge in [0.15, 0.2) is 0 Å². The van der Waals surface area contributed by atoms with Gasteiger partial charge >= 0.3 is 0 Å². The van der Waals surface area contributed by atoms with Gasteiger partial charge in [-0.25, -0.2) is 0 Å². The molecular weight excluding hydrogens is 322 g/mol. The van der Waals surface area contributed by atoms with E-state index in [2.05, 4.69) is 83.6 Å². The fourth-order valence-corrected chi connectivity index (χ4v) is 2.98. The largest absolute Gasteiger partial charge is 0.316 e. The third kappa shape index (κ3) is 4.98. The molecule has 21 heavy (non-hydrogen) atoms. The summed E-state index contributed by atoms with van der Waals surface area (Å²) in [5.41, 5.74) is 4.11. The second kappa shape index (κ2) is 8.35. The van der Waals surface area contributed by atoms with Crippen molar-refractivity contribution in [1.82, 2.24) is 5.32 Å². The van der Waals surface area contributed by atoms with Crippen molar-refractivity contribution in [2.75, 3.05) is 13.1 Å². The van der Waals surface area contributed by atoms with Crippen LogP contribution in [0.3, 0.4) is 0 Å². The number of nitrogens with one attached hydrogen (secondary N) is 1. The van der Waals surface area contributed by atoms with Crippen LogP contribution in [0.15, 0.2) is 53.0 Å². The van der Waals surface area contributed by atoms with Crippen LogP contribution in [0.2, 0.25) is 0 Å². The van der Waals surface area contributed by atoms with Gasteiger partial charge in [0.25, 0.3) is 0 Å². The fourth-order valence-electron chi connectivity index (χ4n) is 2.53. The Balaban J connectivity index is 2.15. The summed E-state index contributed by atoms with van der Waals surface area (Å²) in [5, 5.41) is 3.57. The van der Waals surface area contributed by atoms with Crippen LogP contribution in [-0.4, -0.2) is 13.1 Å². The zero-order valence-corrected chi connectivity index (χ0v) is 14.5. The second-order valence-corrected chi connectivity index (χ2v) is 6.46. The highest BCUT2D eigenvalue weighted by molar-refractivity contribution is 9.10. The lowest BCUT2D eigenvalue weighted by molar-refractivity contribution is 0.576. The van der Waals surface area contributed by atoms with E-state index in [0.29, 0.717) is 5.92 Å². The van der Waals surface area contributed by atoms with Gasteiger partial charge in [0.1, 0.15) is 0 Å². The molecule has 2 aromatic carbocycles. The molecule has 0 spiro atoms.